The summed E-state index contributed by atoms with van der Waals surface area (Å²) in [6.07, 6.45) is 7.45. The van der Waals surface area contributed by atoms with Crippen LogP contribution in [-0.4, -0.2) is 18.9 Å². The highest BCUT2D eigenvalue weighted by atomic mass is 16.5. The SMILES string of the molecule is CCCCCCCCC(=O)Nc1ccc(OC)c(NC(C)=O)c1. The molecule has 0 aromatic heterocycles. The Morgan fingerprint density at radius 2 is 1.74 bits per heavy atom. The van der Waals surface area contributed by atoms with Gasteiger partial charge in [-0.2, -0.15) is 0 Å². The summed E-state index contributed by atoms with van der Waals surface area (Å²) in [5.41, 5.74) is 1.21. The Bertz CT molecular complexity index is 515. The van der Waals surface area contributed by atoms with Gasteiger partial charge in [0.05, 0.1) is 12.8 Å². The summed E-state index contributed by atoms with van der Waals surface area (Å²) in [5.74, 6) is 0.382. The number of ether oxygens (including phenoxy) is 1. The number of carbonyl (C=O) groups excluding carboxylic acids is 2. The number of nitrogens with one attached hydrogen (secondary N) is 2. The second kappa shape index (κ2) is 10.6. The summed E-state index contributed by atoms with van der Waals surface area (Å²) in [5, 5.41) is 5.56. The Morgan fingerprint density at radius 3 is 2.39 bits per heavy atom. The first kappa shape index (κ1) is 19.0. The predicted octanol–water partition coefficient (Wildman–Crippen LogP) is 4.34. The molecule has 23 heavy (non-hydrogen) atoms. The van der Waals surface area contributed by atoms with Crippen LogP contribution >= 0.6 is 0 Å². The number of carbonyl (C=O) groups is 2. The minimum absolute atomic E-state index is 0.000525. The Balaban J connectivity index is 2.46. The highest BCUT2D eigenvalue weighted by Gasteiger charge is 2.08. The van der Waals surface area contributed by atoms with Gasteiger partial charge in [-0.15, -0.1) is 0 Å². The van der Waals surface area contributed by atoms with Crippen LogP contribution in [0, 0.1) is 0 Å². The molecule has 0 saturated carbocycles. The quantitative estimate of drug-likeness (QED) is 0.630. The van der Waals surface area contributed by atoms with Crippen molar-refractivity contribution in [3.8, 4) is 5.75 Å². The average molecular weight is 320 g/mol. The van der Waals surface area contributed by atoms with Gasteiger partial charge in [0.1, 0.15) is 5.75 Å². The van der Waals surface area contributed by atoms with Crippen LogP contribution in [0.4, 0.5) is 11.4 Å². The molecule has 0 bridgehead atoms. The molecule has 0 saturated heterocycles. The number of hydrogen-bond acceptors (Lipinski definition) is 3. The molecule has 1 rings (SSSR count). The zero-order valence-corrected chi connectivity index (χ0v) is 14.4. The minimum Gasteiger partial charge on any atom is -0.495 e. The molecule has 0 heterocycles. The number of amides is 2. The summed E-state index contributed by atoms with van der Waals surface area (Å²) < 4.78 is 5.19. The van der Waals surface area contributed by atoms with E-state index in [9.17, 15) is 9.59 Å². The highest BCUT2D eigenvalue weighted by molar-refractivity contribution is 5.94. The average Bonchev–Trinajstić information content (AvgIpc) is 2.50. The maximum absolute atomic E-state index is 12.0. The fourth-order valence-corrected chi connectivity index (χ4v) is 2.36. The summed E-state index contributed by atoms with van der Waals surface area (Å²) in [4.78, 5) is 23.2. The lowest BCUT2D eigenvalue weighted by molar-refractivity contribution is -0.116. The van der Waals surface area contributed by atoms with E-state index in [4.69, 9.17) is 4.74 Å². The summed E-state index contributed by atoms with van der Waals surface area (Å²) in [7, 11) is 1.54. The maximum atomic E-state index is 12.0. The van der Waals surface area contributed by atoms with Gasteiger partial charge in [0.15, 0.2) is 0 Å². The number of rotatable bonds is 10. The van der Waals surface area contributed by atoms with E-state index in [1.165, 1.54) is 39.7 Å². The molecule has 0 radical (unpaired) electrons. The zero-order valence-electron chi connectivity index (χ0n) is 14.4. The van der Waals surface area contributed by atoms with Gasteiger partial charge in [-0.3, -0.25) is 9.59 Å². The van der Waals surface area contributed by atoms with Gasteiger partial charge in [0.25, 0.3) is 0 Å². The number of methoxy groups -OCH3 is 1. The lowest BCUT2D eigenvalue weighted by atomic mass is 10.1. The van der Waals surface area contributed by atoms with E-state index >= 15 is 0 Å². The molecule has 128 valence electrons. The lowest BCUT2D eigenvalue weighted by Crippen LogP contribution is -2.12. The normalized spacial score (nSPS) is 10.2. The molecule has 0 aliphatic heterocycles. The molecular formula is C18H28N2O3. The third kappa shape index (κ3) is 7.68. The molecular weight excluding hydrogens is 292 g/mol. The van der Waals surface area contributed by atoms with E-state index in [0.29, 0.717) is 23.5 Å². The van der Waals surface area contributed by atoms with E-state index in [1.807, 2.05) is 0 Å². The largest absolute Gasteiger partial charge is 0.495 e. The van der Waals surface area contributed by atoms with Crippen molar-refractivity contribution in [2.45, 2.75) is 58.8 Å². The van der Waals surface area contributed by atoms with Crippen LogP contribution in [0.15, 0.2) is 18.2 Å². The standard InChI is InChI=1S/C18H28N2O3/c1-4-5-6-7-8-9-10-18(22)20-15-11-12-17(23-3)16(13-15)19-14(2)21/h11-13H,4-10H2,1-3H3,(H,19,21)(H,20,22). The molecule has 0 aliphatic carbocycles. The predicted molar refractivity (Wildman–Crippen MR) is 93.9 cm³/mol. The number of anilines is 2. The van der Waals surface area contributed by atoms with Crippen LogP contribution in [0.1, 0.15) is 58.8 Å². The molecule has 0 atom stereocenters. The van der Waals surface area contributed by atoms with Crippen molar-refractivity contribution in [1.82, 2.24) is 0 Å². The highest BCUT2D eigenvalue weighted by Crippen LogP contribution is 2.27. The van der Waals surface area contributed by atoms with Gasteiger partial charge in [0.2, 0.25) is 11.8 Å². The van der Waals surface area contributed by atoms with Crippen molar-refractivity contribution >= 4 is 23.2 Å². The maximum Gasteiger partial charge on any atom is 0.224 e. The Kier molecular flexibility index (Phi) is 8.80. The first-order valence-electron chi connectivity index (χ1n) is 8.32. The van der Waals surface area contributed by atoms with Crippen LogP contribution in [0.3, 0.4) is 0 Å². The molecule has 0 fully saturated rings. The van der Waals surface area contributed by atoms with Crippen LogP contribution in [0.25, 0.3) is 0 Å². The van der Waals surface area contributed by atoms with Gasteiger partial charge in [-0.05, 0) is 24.6 Å². The molecule has 0 spiro atoms. The Morgan fingerprint density at radius 1 is 1.04 bits per heavy atom. The van der Waals surface area contributed by atoms with E-state index in [0.717, 1.165) is 12.8 Å². The third-order valence-corrected chi connectivity index (χ3v) is 3.55. The van der Waals surface area contributed by atoms with Gasteiger partial charge in [-0.1, -0.05) is 39.0 Å². The molecule has 5 heteroatoms. The summed E-state index contributed by atoms with van der Waals surface area (Å²) in [6, 6.07) is 5.20. The smallest absolute Gasteiger partial charge is 0.224 e. The van der Waals surface area contributed by atoms with Crippen molar-refractivity contribution in [2.75, 3.05) is 17.7 Å². The fourth-order valence-electron chi connectivity index (χ4n) is 2.36. The molecule has 2 N–H and O–H groups in total. The molecule has 0 unspecified atom stereocenters. The Labute approximate surface area is 138 Å². The van der Waals surface area contributed by atoms with E-state index in [2.05, 4.69) is 17.6 Å². The third-order valence-electron chi connectivity index (χ3n) is 3.55. The first-order valence-corrected chi connectivity index (χ1v) is 8.32. The van der Waals surface area contributed by atoms with Crippen molar-refractivity contribution in [3.63, 3.8) is 0 Å². The molecule has 5 nitrogen and oxygen atoms in total. The second-order valence-corrected chi connectivity index (χ2v) is 5.66. The monoisotopic (exact) mass is 320 g/mol. The number of benzene rings is 1. The number of hydrogen-bond donors (Lipinski definition) is 2. The van der Waals surface area contributed by atoms with Crippen molar-refractivity contribution in [2.24, 2.45) is 0 Å². The van der Waals surface area contributed by atoms with Crippen LogP contribution < -0.4 is 15.4 Å². The van der Waals surface area contributed by atoms with Gasteiger partial charge in [-0.25, -0.2) is 0 Å². The van der Waals surface area contributed by atoms with E-state index in [1.54, 1.807) is 18.2 Å². The summed E-state index contributed by atoms with van der Waals surface area (Å²) in [6.45, 7) is 3.63. The van der Waals surface area contributed by atoms with Gasteiger partial charge < -0.3 is 15.4 Å². The lowest BCUT2D eigenvalue weighted by Gasteiger charge is -2.12. The second-order valence-electron chi connectivity index (χ2n) is 5.66. The van der Waals surface area contributed by atoms with Crippen molar-refractivity contribution in [1.29, 1.82) is 0 Å². The van der Waals surface area contributed by atoms with Crippen molar-refractivity contribution in [3.05, 3.63) is 18.2 Å². The fraction of sp³-hybridized carbons (Fsp3) is 0.556. The van der Waals surface area contributed by atoms with Crippen LogP contribution in [0.2, 0.25) is 0 Å². The van der Waals surface area contributed by atoms with Crippen LogP contribution in [-0.2, 0) is 9.59 Å². The topological polar surface area (TPSA) is 67.4 Å². The zero-order chi connectivity index (χ0) is 17.1. The first-order chi connectivity index (χ1) is 11.1. The number of unbranched alkanes of at least 4 members (excludes halogenated alkanes) is 5. The van der Waals surface area contributed by atoms with Crippen LogP contribution in [0.5, 0.6) is 5.75 Å². The van der Waals surface area contributed by atoms with Gasteiger partial charge >= 0.3 is 0 Å². The van der Waals surface area contributed by atoms with Crippen molar-refractivity contribution < 1.29 is 14.3 Å². The van der Waals surface area contributed by atoms with E-state index < -0.39 is 0 Å². The van der Waals surface area contributed by atoms with Gasteiger partial charge in [0, 0.05) is 19.0 Å². The summed E-state index contributed by atoms with van der Waals surface area (Å²) >= 11 is 0. The minimum atomic E-state index is -0.182. The molecule has 2 amide bonds. The van der Waals surface area contributed by atoms with E-state index in [-0.39, 0.29) is 11.8 Å². The molecule has 1 aromatic carbocycles. The molecule has 1 aromatic rings. The molecule has 0 aliphatic rings. The Hall–Kier alpha value is -2.04.